The highest BCUT2D eigenvalue weighted by molar-refractivity contribution is 5.44. The zero-order valence-electron chi connectivity index (χ0n) is 14.1. The second kappa shape index (κ2) is 5.68. The number of benzene rings is 1. The van der Waals surface area contributed by atoms with E-state index in [4.69, 9.17) is 14.2 Å². The molecule has 4 heterocycles. The highest BCUT2D eigenvalue weighted by atomic mass is 16.7. The van der Waals surface area contributed by atoms with E-state index in [-0.39, 0.29) is 13.4 Å². The third-order valence-electron chi connectivity index (χ3n) is 5.23. The molecule has 0 saturated carbocycles. The normalized spacial score (nSPS) is 24.2. The zero-order valence-corrected chi connectivity index (χ0v) is 14.1. The molecule has 136 valence electrons. The molecule has 1 aromatic carbocycles. The molecule has 1 fully saturated rings. The van der Waals surface area contributed by atoms with Crippen molar-refractivity contribution in [2.24, 2.45) is 0 Å². The van der Waals surface area contributed by atoms with Crippen molar-refractivity contribution < 1.29 is 14.2 Å². The number of likely N-dealkylation sites (tertiary alicyclic amines) is 1. The van der Waals surface area contributed by atoms with Gasteiger partial charge in [0.1, 0.15) is 12.2 Å². The molecule has 3 aliphatic rings. The second-order valence-electron chi connectivity index (χ2n) is 6.98. The largest absolute Gasteiger partial charge is 0.454 e. The molecule has 1 atom stereocenters. The highest BCUT2D eigenvalue weighted by Gasteiger charge is 2.43. The molecule has 0 radical (unpaired) electrons. The van der Waals surface area contributed by atoms with E-state index < -0.39 is 16.7 Å². The first kappa shape index (κ1) is 15.6. The molecule has 5 rings (SSSR count). The number of nitrogens with zero attached hydrogens (tertiary/aromatic N) is 3. The Kier molecular flexibility index (Phi) is 3.41. The van der Waals surface area contributed by atoms with Crippen LogP contribution >= 0.6 is 0 Å². The minimum atomic E-state index is -0.694. The summed E-state index contributed by atoms with van der Waals surface area (Å²) in [5, 5.41) is 6.13. The van der Waals surface area contributed by atoms with E-state index in [1.807, 2.05) is 18.2 Å². The Hall–Kier alpha value is -2.65. The van der Waals surface area contributed by atoms with Crippen molar-refractivity contribution in [2.45, 2.75) is 31.7 Å². The van der Waals surface area contributed by atoms with Crippen LogP contribution in [0.1, 0.15) is 17.8 Å². The lowest BCUT2D eigenvalue weighted by molar-refractivity contribution is -0.0853. The van der Waals surface area contributed by atoms with Gasteiger partial charge in [-0.1, -0.05) is 6.07 Å². The van der Waals surface area contributed by atoms with Crippen LogP contribution in [0.25, 0.3) is 0 Å². The third-order valence-corrected chi connectivity index (χ3v) is 5.23. The molecular formula is C17H18N4O5. The van der Waals surface area contributed by atoms with Crippen molar-refractivity contribution in [2.75, 3.05) is 19.9 Å². The molecule has 0 aliphatic carbocycles. The van der Waals surface area contributed by atoms with E-state index >= 15 is 0 Å². The number of aromatic nitrogens is 3. The predicted molar refractivity (Wildman–Crippen MR) is 89.1 cm³/mol. The van der Waals surface area contributed by atoms with Crippen molar-refractivity contribution in [3.8, 4) is 11.5 Å². The van der Waals surface area contributed by atoms with Crippen LogP contribution in [0.15, 0.2) is 27.8 Å². The van der Waals surface area contributed by atoms with Crippen LogP contribution in [0.2, 0.25) is 0 Å². The van der Waals surface area contributed by atoms with Crippen molar-refractivity contribution in [1.82, 2.24) is 19.7 Å². The summed E-state index contributed by atoms with van der Waals surface area (Å²) in [6.45, 7) is 3.16. The SMILES string of the molecule is O=c1[nH]nc2n(c1=O)CC1(CCN(Cc3ccc4c(c3)OCO4)C1)OC2. The molecule has 9 heteroatoms. The number of fused-ring (bicyclic) bond motifs is 2. The minimum Gasteiger partial charge on any atom is -0.454 e. The van der Waals surface area contributed by atoms with Gasteiger partial charge in [0, 0.05) is 19.6 Å². The minimum absolute atomic E-state index is 0.226. The lowest BCUT2D eigenvalue weighted by atomic mass is 10.0. The van der Waals surface area contributed by atoms with Crippen LogP contribution in [0.5, 0.6) is 11.5 Å². The summed E-state index contributed by atoms with van der Waals surface area (Å²) in [6.07, 6.45) is 0.802. The molecule has 3 aliphatic heterocycles. The fourth-order valence-electron chi connectivity index (χ4n) is 3.89. The Bertz CT molecular complexity index is 984. The maximum Gasteiger partial charge on any atom is 0.330 e. The Morgan fingerprint density at radius 1 is 1.19 bits per heavy atom. The van der Waals surface area contributed by atoms with E-state index in [9.17, 15) is 9.59 Å². The Labute approximate surface area is 148 Å². The van der Waals surface area contributed by atoms with E-state index in [1.54, 1.807) is 0 Å². The number of hydrogen-bond acceptors (Lipinski definition) is 7. The van der Waals surface area contributed by atoms with Gasteiger partial charge >= 0.3 is 11.1 Å². The molecule has 1 N–H and O–H groups in total. The number of ether oxygens (including phenoxy) is 3. The Morgan fingerprint density at radius 3 is 3.00 bits per heavy atom. The first-order valence-corrected chi connectivity index (χ1v) is 8.55. The first-order valence-electron chi connectivity index (χ1n) is 8.55. The maximum absolute atomic E-state index is 12.1. The topological polar surface area (TPSA) is 98.7 Å². The van der Waals surface area contributed by atoms with Gasteiger partial charge in [-0.25, -0.2) is 5.10 Å². The number of aromatic amines is 1. The molecule has 1 saturated heterocycles. The number of nitrogens with one attached hydrogen (secondary N) is 1. The summed E-state index contributed by atoms with van der Waals surface area (Å²) in [6, 6.07) is 5.95. The average molecular weight is 358 g/mol. The second-order valence-corrected chi connectivity index (χ2v) is 6.98. The Balaban J connectivity index is 1.33. The summed E-state index contributed by atoms with van der Waals surface area (Å²) in [7, 11) is 0. The summed E-state index contributed by atoms with van der Waals surface area (Å²) in [5.41, 5.74) is -0.575. The van der Waals surface area contributed by atoms with Crippen molar-refractivity contribution >= 4 is 0 Å². The lowest BCUT2D eigenvalue weighted by Crippen LogP contribution is -2.51. The van der Waals surface area contributed by atoms with Crippen LogP contribution in [-0.2, 0) is 24.4 Å². The van der Waals surface area contributed by atoms with E-state index in [2.05, 4.69) is 15.1 Å². The van der Waals surface area contributed by atoms with Gasteiger partial charge in [0.25, 0.3) is 0 Å². The standard InChI is InChI=1S/C17H18N4O5/c22-15-16(23)21-9-17(26-7-14(21)18-19-15)3-4-20(8-17)6-11-1-2-12-13(5-11)25-10-24-12/h1-2,5H,3-4,6-10H2,(H,19,22). The zero-order chi connectivity index (χ0) is 17.7. The molecule has 0 bridgehead atoms. The van der Waals surface area contributed by atoms with Gasteiger partial charge in [-0.2, -0.15) is 5.10 Å². The molecule has 26 heavy (non-hydrogen) atoms. The van der Waals surface area contributed by atoms with Crippen LogP contribution in [0.4, 0.5) is 0 Å². The quantitative estimate of drug-likeness (QED) is 0.745. The van der Waals surface area contributed by atoms with E-state index in [0.717, 1.165) is 36.6 Å². The van der Waals surface area contributed by atoms with Crippen LogP contribution in [0, 0.1) is 0 Å². The monoisotopic (exact) mass is 358 g/mol. The summed E-state index contributed by atoms with van der Waals surface area (Å²) in [4.78, 5) is 26.0. The van der Waals surface area contributed by atoms with E-state index in [0.29, 0.717) is 18.9 Å². The van der Waals surface area contributed by atoms with E-state index in [1.165, 1.54) is 4.57 Å². The molecule has 1 aromatic heterocycles. The number of H-pyrrole nitrogens is 1. The van der Waals surface area contributed by atoms with Gasteiger partial charge in [-0.05, 0) is 24.1 Å². The van der Waals surface area contributed by atoms with Crippen molar-refractivity contribution in [3.63, 3.8) is 0 Å². The maximum atomic E-state index is 12.1. The molecule has 1 spiro atoms. The molecular weight excluding hydrogens is 340 g/mol. The van der Waals surface area contributed by atoms with Crippen LogP contribution in [-0.4, -0.2) is 45.1 Å². The molecule has 0 amide bonds. The smallest absolute Gasteiger partial charge is 0.330 e. The third kappa shape index (κ3) is 2.51. The van der Waals surface area contributed by atoms with Crippen LogP contribution in [0.3, 0.4) is 0 Å². The summed E-state index contributed by atoms with van der Waals surface area (Å²) in [5.74, 6) is 2.02. The summed E-state index contributed by atoms with van der Waals surface area (Å²) >= 11 is 0. The Morgan fingerprint density at radius 2 is 2.08 bits per heavy atom. The van der Waals surface area contributed by atoms with Gasteiger partial charge in [-0.3, -0.25) is 19.1 Å². The summed E-state index contributed by atoms with van der Waals surface area (Å²) < 4.78 is 18.3. The molecule has 1 unspecified atom stereocenters. The van der Waals surface area contributed by atoms with Crippen LogP contribution < -0.4 is 20.6 Å². The van der Waals surface area contributed by atoms with Gasteiger partial charge in [-0.15, -0.1) is 0 Å². The number of rotatable bonds is 2. The number of hydrogen-bond donors (Lipinski definition) is 1. The fraction of sp³-hybridized carbons (Fsp3) is 0.471. The average Bonchev–Trinajstić information content (AvgIpc) is 3.26. The van der Waals surface area contributed by atoms with Gasteiger partial charge in [0.2, 0.25) is 6.79 Å². The molecule has 9 nitrogen and oxygen atoms in total. The predicted octanol–water partition coefficient (Wildman–Crippen LogP) is -0.165. The lowest BCUT2D eigenvalue weighted by Gasteiger charge is -2.34. The van der Waals surface area contributed by atoms with Gasteiger partial charge in [0.15, 0.2) is 17.3 Å². The van der Waals surface area contributed by atoms with Crippen molar-refractivity contribution in [1.29, 1.82) is 0 Å². The van der Waals surface area contributed by atoms with Gasteiger partial charge < -0.3 is 14.2 Å². The van der Waals surface area contributed by atoms with Gasteiger partial charge in [0.05, 0.1) is 6.54 Å². The van der Waals surface area contributed by atoms with Crippen molar-refractivity contribution in [3.05, 3.63) is 50.3 Å². The first-order chi connectivity index (χ1) is 12.6. The highest BCUT2D eigenvalue weighted by Crippen LogP contribution is 2.35. The fourth-order valence-corrected chi connectivity index (χ4v) is 3.89. The molecule has 2 aromatic rings.